The SMILES string of the molecule is COc1ccc(NC(=O)CN2CCN(CC(O)COc3ccccc3F)C(C)C2)c(OC)c1. The summed E-state index contributed by atoms with van der Waals surface area (Å²) in [6.07, 6.45) is -0.746. The molecule has 33 heavy (non-hydrogen) atoms. The predicted octanol–water partition coefficient (Wildman–Crippen LogP) is 2.23. The van der Waals surface area contributed by atoms with Crippen molar-refractivity contribution in [3.8, 4) is 17.2 Å². The molecule has 9 heteroatoms. The predicted molar refractivity (Wildman–Crippen MR) is 124 cm³/mol. The van der Waals surface area contributed by atoms with Crippen LogP contribution < -0.4 is 19.5 Å². The van der Waals surface area contributed by atoms with Crippen LogP contribution in [0.5, 0.6) is 17.2 Å². The molecule has 0 saturated carbocycles. The number of carbonyl (C=O) groups excluding carboxylic acids is 1. The molecule has 1 aliphatic heterocycles. The van der Waals surface area contributed by atoms with Crippen LogP contribution in [0.4, 0.5) is 10.1 Å². The molecule has 2 aromatic rings. The Kier molecular flexibility index (Phi) is 8.87. The van der Waals surface area contributed by atoms with Crippen molar-refractivity contribution in [1.29, 1.82) is 0 Å². The molecule has 3 rings (SSSR count). The first kappa shape index (κ1) is 24.8. The van der Waals surface area contributed by atoms with Gasteiger partial charge in [0.1, 0.15) is 24.2 Å². The van der Waals surface area contributed by atoms with Crippen LogP contribution in [0.2, 0.25) is 0 Å². The van der Waals surface area contributed by atoms with E-state index in [-0.39, 0.29) is 30.9 Å². The molecule has 1 aliphatic rings. The molecular weight excluding hydrogens is 429 g/mol. The minimum Gasteiger partial charge on any atom is -0.497 e. The van der Waals surface area contributed by atoms with Crippen molar-refractivity contribution in [2.24, 2.45) is 0 Å². The number of hydrogen-bond acceptors (Lipinski definition) is 7. The van der Waals surface area contributed by atoms with Gasteiger partial charge in [-0.15, -0.1) is 0 Å². The number of aliphatic hydroxyl groups is 1. The molecule has 2 unspecified atom stereocenters. The van der Waals surface area contributed by atoms with Crippen LogP contribution >= 0.6 is 0 Å². The third kappa shape index (κ3) is 7.05. The number of anilines is 1. The van der Waals surface area contributed by atoms with E-state index in [1.807, 2.05) is 0 Å². The van der Waals surface area contributed by atoms with Gasteiger partial charge in [0.05, 0.1) is 26.5 Å². The monoisotopic (exact) mass is 461 g/mol. The van der Waals surface area contributed by atoms with E-state index in [9.17, 15) is 14.3 Å². The maximum Gasteiger partial charge on any atom is 0.238 e. The Morgan fingerprint density at radius 3 is 2.67 bits per heavy atom. The molecule has 1 heterocycles. The number of piperazine rings is 1. The molecule has 0 spiro atoms. The Balaban J connectivity index is 1.44. The van der Waals surface area contributed by atoms with Crippen molar-refractivity contribution in [2.75, 3.05) is 58.9 Å². The number of rotatable bonds is 10. The van der Waals surface area contributed by atoms with Crippen LogP contribution in [-0.2, 0) is 4.79 Å². The zero-order valence-corrected chi connectivity index (χ0v) is 19.3. The van der Waals surface area contributed by atoms with Crippen LogP contribution in [-0.4, -0.2) is 86.5 Å². The Hall–Kier alpha value is -2.88. The average molecular weight is 462 g/mol. The molecule has 2 aromatic carbocycles. The number of benzene rings is 2. The second-order valence-corrected chi connectivity index (χ2v) is 8.09. The van der Waals surface area contributed by atoms with Gasteiger partial charge in [-0.1, -0.05) is 12.1 Å². The maximum atomic E-state index is 13.7. The lowest BCUT2D eigenvalue weighted by Crippen LogP contribution is -2.55. The molecule has 180 valence electrons. The van der Waals surface area contributed by atoms with Gasteiger partial charge in [0, 0.05) is 38.3 Å². The first-order valence-corrected chi connectivity index (χ1v) is 10.9. The van der Waals surface area contributed by atoms with Crippen molar-refractivity contribution in [3.05, 3.63) is 48.3 Å². The van der Waals surface area contributed by atoms with Crippen LogP contribution in [0.25, 0.3) is 0 Å². The number of nitrogens with one attached hydrogen (secondary N) is 1. The summed E-state index contributed by atoms with van der Waals surface area (Å²) in [5.41, 5.74) is 0.591. The molecule has 2 N–H and O–H groups in total. The number of β-amino-alcohol motifs (C(OH)–C–C–N with tert-alkyl or cyclic N) is 1. The summed E-state index contributed by atoms with van der Waals surface area (Å²) in [5, 5.41) is 13.2. The van der Waals surface area contributed by atoms with Crippen molar-refractivity contribution in [1.82, 2.24) is 9.80 Å². The number of nitrogens with zero attached hydrogens (tertiary/aromatic N) is 2. The van der Waals surface area contributed by atoms with Crippen molar-refractivity contribution in [2.45, 2.75) is 19.1 Å². The number of halogens is 1. The highest BCUT2D eigenvalue weighted by molar-refractivity contribution is 5.93. The summed E-state index contributed by atoms with van der Waals surface area (Å²) in [6.45, 7) is 4.83. The first-order chi connectivity index (χ1) is 15.9. The van der Waals surface area contributed by atoms with Gasteiger partial charge in [0.25, 0.3) is 0 Å². The third-order valence-corrected chi connectivity index (χ3v) is 5.61. The third-order valence-electron chi connectivity index (χ3n) is 5.61. The van der Waals surface area contributed by atoms with Gasteiger partial charge < -0.3 is 24.6 Å². The van der Waals surface area contributed by atoms with E-state index in [1.54, 1.807) is 44.6 Å². The van der Waals surface area contributed by atoms with E-state index in [0.29, 0.717) is 43.4 Å². The minimum atomic E-state index is -0.746. The molecule has 0 bridgehead atoms. The zero-order valence-electron chi connectivity index (χ0n) is 19.3. The lowest BCUT2D eigenvalue weighted by Gasteiger charge is -2.40. The Morgan fingerprint density at radius 2 is 1.97 bits per heavy atom. The maximum absolute atomic E-state index is 13.7. The lowest BCUT2D eigenvalue weighted by molar-refractivity contribution is -0.118. The normalized spacial score (nSPS) is 17.9. The summed E-state index contributed by atoms with van der Waals surface area (Å²) in [6, 6.07) is 11.5. The Morgan fingerprint density at radius 1 is 1.18 bits per heavy atom. The fourth-order valence-corrected chi connectivity index (χ4v) is 3.85. The molecule has 1 saturated heterocycles. The van der Waals surface area contributed by atoms with Gasteiger partial charge in [-0.25, -0.2) is 4.39 Å². The summed E-state index contributed by atoms with van der Waals surface area (Å²) in [7, 11) is 3.12. The van der Waals surface area contributed by atoms with E-state index in [2.05, 4.69) is 22.0 Å². The molecular formula is C24H32FN3O5. The highest BCUT2D eigenvalue weighted by atomic mass is 19.1. The van der Waals surface area contributed by atoms with E-state index in [1.165, 1.54) is 12.1 Å². The second-order valence-electron chi connectivity index (χ2n) is 8.09. The van der Waals surface area contributed by atoms with E-state index < -0.39 is 11.9 Å². The van der Waals surface area contributed by atoms with Crippen molar-refractivity contribution < 1.29 is 28.5 Å². The average Bonchev–Trinajstić information content (AvgIpc) is 2.80. The standard InChI is InChI=1S/C24H32FN3O5/c1-17-13-27(15-24(30)26-21-9-8-19(31-2)12-23(21)32-3)10-11-28(17)14-18(29)16-33-22-7-5-4-6-20(22)25/h4-9,12,17-18,29H,10-11,13-16H2,1-3H3,(H,26,30). The lowest BCUT2D eigenvalue weighted by atomic mass is 10.1. The topological polar surface area (TPSA) is 83.5 Å². The smallest absolute Gasteiger partial charge is 0.238 e. The van der Waals surface area contributed by atoms with Gasteiger partial charge >= 0.3 is 0 Å². The van der Waals surface area contributed by atoms with Gasteiger partial charge in [0.2, 0.25) is 5.91 Å². The molecule has 1 fully saturated rings. The number of methoxy groups -OCH3 is 2. The molecule has 1 amide bonds. The fourth-order valence-electron chi connectivity index (χ4n) is 3.85. The second kappa shape index (κ2) is 11.8. The van der Waals surface area contributed by atoms with Gasteiger partial charge in [0.15, 0.2) is 11.6 Å². The Bertz CT molecular complexity index is 929. The number of carbonyl (C=O) groups is 1. The fraction of sp³-hybridized carbons (Fsp3) is 0.458. The number of ether oxygens (including phenoxy) is 3. The summed E-state index contributed by atoms with van der Waals surface area (Å²) >= 11 is 0. The summed E-state index contributed by atoms with van der Waals surface area (Å²) in [5.74, 6) is 0.743. The highest BCUT2D eigenvalue weighted by Crippen LogP contribution is 2.29. The first-order valence-electron chi connectivity index (χ1n) is 10.9. The number of aliphatic hydroxyl groups excluding tert-OH is 1. The van der Waals surface area contributed by atoms with Gasteiger partial charge in [-0.3, -0.25) is 14.6 Å². The number of amides is 1. The van der Waals surface area contributed by atoms with Crippen molar-refractivity contribution in [3.63, 3.8) is 0 Å². The van der Waals surface area contributed by atoms with Gasteiger partial charge in [-0.05, 0) is 31.2 Å². The molecule has 2 atom stereocenters. The van der Waals surface area contributed by atoms with E-state index in [4.69, 9.17) is 14.2 Å². The largest absolute Gasteiger partial charge is 0.497 e. The minimum absolute atomic E-state index is 0.0139. The highest BCUT2D eigenvalue weighted by Gasteiger charge is 2.27. The summed E-state index contributed by atoms with van der Waals surface area (Å²) in [4.78, 5) is 16.8. The van der Waals surface area contributed by atoms with Crippen LogP contribution in [0.15, 0.2) is 42.5 Å². The number of para-hydroxylation sites is 1. The molecule has 8 nitrogen and oxygen atoms in total. The molecule has 0 radical (unpaired) electrons. The zero-order chi connectivity index (χ0) is 23.8. The van der Waals surface area contributed by atoms with E-state index >= 15 is 0 Å². The van der Waals surface area contributed by atoms with Crippen LogP contribution in [0.1, 0.15) is 6.92 Å². The number of hydrogen-bond donors (Lipinski definition) is 2. The quantitative estimate of drug-likeness (QED) is 0.561. The van der Waals surface area contributed by atoms with Crippen LogP contribution in [0, 0.1) is 5.82 Å². The Labute approximate surface area is 193 Å². The van der Waals surface area contributed by atoms with Crippen molar-refractivity contribution >= 4 is 11.6 Å². The van der Waals surface area contributed by atoms with Crippen LogP contribution in [0.3, 0.4) is 0 Å². The molecule has 0 aromatic heterocycles. The van der Waals surface area contributed by atoms with E-state index in [0.717, 1.165) is 0 Å². The summed E-state index contributed by atoms with van der Waals surface area (Å²) < 4.78 is 29.6. The van der Waals surface area contributed by atoms with Gasteiger partial charge in [-0.2, -0.15) is 0 Å². The molecule has 0 aliphatic carbocycles.